The number of rotatable bonds is 8. The molecule has 0 saturated carbocycles. The van der Waals surface area contributed by atoms with E-state index in [0.29, 0.717) is 0 Å². The number of hydrogen-bond acceptors (Lipinski definition) is 2. The van der Waals surface area contributed by atoms with Crippen LogP contribution in [0.4, 0.5) is 11.4 Å². The minimum absolute atomic E-state index is 0.776. The number of nitrogens with zero attached hydrogens (tertiary/aromatic N) is 1. The van der Waals surface area contributed by atoms with E-state index in [2.05, 4.69) is 158 Å². The highest BCUT2D eigenvalue weighted by atomic mass is 15.1. The van der Waals surface area contributed by atoms with Crippen LogP contribution >= 0.6 is 0 Å². The number of anilines is 2. The third-order valence-corrected chi connectivity index (χ3v) is 7.90. The highest BCUT2D eigenvalue weighted by molar-refractivity contribution is 5.92. The maximum absolute atomic E-state index is 6.57. The van der Waals surface area contributed by atoms with Crippen LogP contribution in [0.25, 0.3) is 39.4 Å². The molecular formula is C40H34N2. The monoisotopic (exact) mass is 542 g/mol. The normalized spacial score (nSPS) is 11.8. The maximum Gasteiger partial charge on any atom is 0.0491 e. The van der Waals surface area contributed by atoms with Crippen molar-refractivity contribution in [3.63, 3.8) is 0 Å². The average molecular weight is 543 g/mol. The van der Waals surface area contributed by atoms with E-state index in [1.165, 1.54) is 32.7 Å². The maximum atomic E-state index is 6.57. The molecule has 0 aliphatic carbocycles. The fourth-order valence-corrected chi connectivity index (χ4v) is 5.51. The van der Waals surface area contributed by atoms with Gasteiger partial charge in [0.2, 0.25) is 0 Å². The van der Waals surface area contributed by atoms with Gasteiger partial charge in [-0.1, -0.05) is 128 Å². The van der Waals surface area contributed by atoms with Gasteiger partial charge in [0.1, 0.15) is 0 Å². The van der Waals surface area contributed by atoms with Crippen LogP contribution in [-0.2, 0) is 6.42 Å². The summed E-state index contributed by atoms with van der Waals surface area (Å²) in [5, 5.41) is 4.98. The van der Waals surface area contributed by atoms with Crippen molar-refractivity contribution in [1.82, 2.24) is 0 Å². The molecule has 204 valence electrons. The first kappa shape index (κ1) is 26.9. The summed E-state index contributed by atoms with van der Waals surface area (Å²) in [4.78, 5) is 2.25. The van der Waals surface area contributed by atoms with Gasteiger partial charge in [0.15, 0.2) is 0 Å². The second-order valence-electron chi connectivity index (χ2n) is 10.5. The lowest BCUT2D eigenvalue weighted by molar-refractivity contribution is 1.26. The molecule has 6 rings (SSSR count). The Bertz CT molecular complexity index is 1940. The number of fused-ring (bicyclic) bond motifs is 2. The van der Waals surface area contributed by atoms with E-state index in [9.17, 15) is 0 Å². The highest BCUT2D eigenvalue weighted by Gasteiger charge is 2.12. The Morgan fingerprint density at radius 3 is 2.17 bits per heavy atom. The molecule has 6 aromatic carbocycles. The molecule has 2 N–H and O–H groups in total. The topological polar surface area (TPSA) is 29.3 Å². The molecule has 0 aliphatic rings. The minimum atomic E-state index is 0.776. The zero-order chi connectivity index (χ0) is 28.9. The average Bonchev–Trinajstić information content (AvgIpc) is 3.05. The summed E-state index contributed by atoms with van der Waals surface area (Å²) >= 11 is 0. The standard InChI is InChI=1S/C40H34N2/c1-3-31-10-4-5-12-33(31)26-27-42(40-25-21-34-13-8-9-15-38(34)29(40)2)37-22-19-35(20-23-37)39(41)24-17-30-16-18-32-11-6-7-14-36(32)28-30/h3-16,18-28H,1,17,41H2,2H3/b27-26-,39-24-. The summed E-state index contributed by atoms with van der Waals surface area (Å²) in [5.41, 5.74) is 15.2. The Hall–Kier alpha value is -5.34. The molecule has 0 atom stereocenters. The molecule has 0 unspecified atom stereocenters. The molecule has 0 heterocycles. The highest BCUT2D eigenvalue weighted by Crippen LogP contribution is 2.34. The van der Waals surface area contributed by atoms with Gasteiger partial charge in [-0.2, -0.15) is 0 Å². The van der Waals surface area contributed by atoms with Crippen molar-refractivity contribution in [2.24, 2.45) is 5.73 Å². The number of allylic oxidation sites excluding steroid dienone is 1. The van der Waals surface area contributed by atoms with E-state index >= 15 is 0 Å². The summed E-state index contributed by atoms with van der Waals surface area (Å²) in [7, 11) is 0. The van der Waals surface area contributed by atoms with E-state index in [-0.39, 0.29) is 0 Å². The number of benzene rings is 6. The largest absolute Gasteiger partial charge is 0.398 e. The van der Waals surface area contributed by atoms with Crippen molar-refractivity contribution in [3.8, 4) is 0 Å². The van der Waals surface area contributed by atoms with E-state index < -0.39 is 0 Å². The molecule has 0 radical (unpaired) electrons. The summed E-state index contributed by atoms with van der Waals surface area (Å²) < 4.78 is 0. The summed E-state index contributed by atoms with van der Waals surface area (Å²) in [6.07, 6.45) is 9.08. The molecule has 0 aliphatic heterocycles. The molecule has 0 saturated heterocycles. The van der Waals surface area contributed by atoms with Crippen LogP contribution < -0.4 is 10.6 Å². The Kier molecular flexibility index (Phi) is 7.70. The van der Waals surface area contributed by atoms with Gasteiger partial charge in [0, 0.05) is 23.3 Å². The predicted octanol–water partition coefficient (Wildman–Crippen LogP) is 10.3. The zero-order valence-corrected chi connectivity index (χ0v) is 23.9. The molecular weight excluding hydrogens is 508 g/mol. The van der Waals surface area contributed by atoms with Crippen molar-refractivity contribution in [2.45, 2.75) is 13.3 Å². The van der Waals surface area contributed by atoms with Crippen molar-refractivity contribution < 1.29 is 0 Å². The first-order valence-corrected chi connectivity index (χ1v) is 14.3. The fourth-order valence-electron chi connectivity index (χ4n) is 5.51. The van der Waals surface area contributed by atoms with Crippen LogP contribution in [0.1, 0.15) is 27.8 Å². The molecule has 0 bridgehead atoms. The predicted molar refractivity (Wildman–Crippen MR) is 183 cm³/mol. The van der Waals surface area contributed by atoms with Crippen molar-refractivity contribution in [2.75, 3.05) is 4.90 Å². The summed E-state index contributed by atoms with van der Waals surface area (Å²) in [5.74, 6) is 0. The van der Waals surface area contributed by atoms with Gasteiger partial charge in [0.05, 0.1) is 0 Å². The van der Waals surface area contributed by atoms with Crippen molar-refractivity contribution in [3.05, 3.63) is 174 Å². The molecule has 6 aromatic rings. The van der Waals surface area contributed by atoms with Crippen LogP contribution in [0.3, 0.4) is 0 Å². The van der Waals surface area contributed by atoms with E-state index in [1.807, 2.05) is 12.1 Å². The van der Waals surface area contributed by atoms with Gasteiger partial charge in [-0.3, -0.25) is 0 Å². The number of aryl methyl sites for hydroxylation is 1. The van der Waals surface area contributed by atoms with Gasteiger partial charge in [-0.05, 0) is 87.0 Å². The van der Waals surface area contributed by atoms with Crippen LogP contribution in [0.15, 0.2) is 146 Å². The number of nitrogens with two attached hydrogens (primary N) is 1. The lowest BCUT2D eigenvalue weighted by Crippen LogP contribution is -2.10. The van der Waals surface area contributed by atoms with Crippen LogP contribution in [0.2, 0.25) is 0 Å². The molecule has 42 heavy (non-hydrogen) atoms. The summed E-state index contributed by atoms with van der Waals surface area (Å²) in [6, 6.07) is 44.7. The van der Waals surface area contributed by atoms with Crippen LogP contribution in [-0.4, -0.2) is 0 Å². The van der Waals surface area contributed by atoms with Gasteiger partial charge in [0.25, 0.3) is 0 Å². The second-order valence-corrected chi connectivity index (χ2v) is 10.5. The van der Waals surface area contributed by atoms with Crippen LogP contribution in [0, 0.1) is 6.92 Å². The van der Waals surface area contributed by atoms with Gasteiger partial charge < -0.3 is 10.6 Å². The van der Waals surface area contributed by atoms with Gasteiger partial charge >= 0.3 is 0 Å². The van der Waals surface area contributed by atoms with Gasteiger partial charge in [-0.15, -0.1) is 0 Å². The SMILES string of the molecule is C=Cc1ccccc1/C=C\N(c1ccc(/C(N)=C/Cc2ccc3ccccc3c2)cc1)c1ccc2ccccc2c1C. The fraction of sp³-hybridized carbons (Fsp3) is 0.0500. The quantitative estimate of drug-likeness (QED) is 0.207. The van der Waals surface area contributed by atoms with E-state index in [1.54, 1.807) is 0 Å². The number of hydrogen-bond donors (Lipinski definition) is 1. The molecule has 2 nitrogen and oxygen atoms in total. The Balaban J connectivity index is 1.32. The zero-order valence-electron chi connectivity index (χ0n) is 23.9. The first-order chi connectivity index (χ1) is 20.6. The summed E-state index contributed by atoms with van der Waals surface area (Å²) in [6.45, 7) is 6.19. The van der Waals surface area contributed by atoms with Crippen molar-refractivity contribution >= 4 is 50.8 Å². The Labute approximate surface area is 248 Å². The van der Waals surface area contributed by atoms with Gasteiger partial charge in [-0.25, -0.2) is 0 Å². The minimum Gasteiger partial charge on any atom is -0.398 e. The van der Waals surface area contributed by atoms with Crippen LogP contribution in [0.5, 0.6) is 0 Å². The molecule has 0 spiro atoms. The third kappa shape index (κ3) is 5.61. The lowest BCUT2D eigenvalue weighted by Gasteiger charge is -2.24. The molecule has 0 amide bonds. The van der Waals surface area contributed by atoms with E-state index in [0.717, 1.165) is 40.2 Å². The molecule has 0 aromatic heterocycles. The second kappa shape index (κ2) is 12.0. The van der Waals surface area contributed by atoms with E-state index in [4.69, 9.17) is 5.73 Å². The lowest BCUT2D eigenvalue weighted by atomic mass is 10.0. The Morgan fingerprint density at radius 2 is 1.38 bits per heavy atom. The first-order valence-electron chi connectivity index (χ1n) is 14.3. The van der Waals surface area contributed by atoms with Crippen molar-refractivity contribution in [1.29, 1.82) is 0 Å². The molecule has 0 fully saturated rings. The smallest absolute Gasteiger partial charge is 0.0491 e. The molecule has 2 heteroatoms. The third-order valence-electron chi connectivity index (χ3n) is 7.90. The Morgan fingerprint density at radius 1 is 0.714 bits per heavy atom.